The molecule has 0 radical (unpaired) electrons. The van der Waals surface area contributed by atoms with Crippen LogP contribution in [0, 0.1) is 0 Å². The highest BCUT2D eigenvalue weighted by atomic mass is 16.6. The minimum atomic E-state index is -0.602. The second kappa shape index (κ2) is 6.96. The Balaban J connectivity index is 2.98. The molecule has 1 aliphatic rings. The largest absolute Gasteiger partial charge is 0.427 e. The Morgan fingerprint density at radius 2 is 2.06 bits per heavy atom. The first kappa shape index (κ1) is 14.4. The van der Waals surface area contributed by atoms with Crippen LogP contribution in [0.5, 0.6) is 0 Å². The van der Waals surface area contributed by atoms with Gasteiger partial charge in [-0.1, -0.05) is 13.8 Å². The molecule has 0 saturated carbocycles. The minimum Gasteiger partial charge on any atom is -0.427 e. The van der Waals surface area contributed by atoms with Gasteiger partial charge >= 0.3 is 5.97 Å². The van der Waals surface area contributed by atoms with Crippen LogP contribution in [0.25, 0.3) is 0 Å². The minimum absolute atomic E-state index is 0.0332. The van der Waals surface area contributed by atoms with Gasteiger partial charge in [0.1, 0.15) is 11.3 Å². The van der Waals surface area contributed by atoms with Crippen LogP contribution in [-0.2, 0) is 19.2 Å². The third kappa shape index (κ3) is 3.43. The number of hydroxylamine groups is 1. The Labute approximate surface area is 107 Å². The van der Waals surface area contributed by atoms with E-state index in [1.807, 2.05) is 20.8 Å². The molecule has 0 bridgehead atoms. The van der Waals surface area contributed by atoms with Gasteiger partial charge in [-0.05, 0) is 19.8 Å². The van der Waals surface area contributed by atoms with Crippen LogP contribution in [0.3, 0.4) is 0 Å². The smallest absolute Gasteiger partial charge is 0.349 e. The molecule has 1 N–H and O–H groups in total. The van der Waals surface area contributed by atoms with Crippen LogP contribution in [-0.4, -0.2) is 18.4 Å². The number of nitrogens with one attached hydrogen (secondary N) is 1. The lowest BCUT2D eigenvalue weighted by atomic mass is 10.0. The number of hydrogen-bond donors (Lipinski definition) is 1. The number of carbonyl (C=O) groups is 2. The molecule has 5 nitrogen and oxygen atoms in total. The number of esters is 1. The van der Waals surface area contributed by atoms with E-state index in [1.165, 1.54) is 6.08 Å². The van der Waals surface area contributed by atoms with Crippen molar-refractivity contribution < 1.29 is 19.2 Å². The van der Waals surface area contributed by atoms with E-state index in [-0.39, 0.29) is 11.4 Å². The molecule has 1 heterocycles. The summed E-state index contributed by atoms with van der Waals surface area (Å²) in [6, 6.07) is 0. The van der Waals surface area contributed by atoms with E-state index in [0.717, 1.165) is 6.42 Å². The normalized spacial score (nSPS) is 18.3. The summed E-state index contributed by atoms with van der Waals surface area (Å²) in [5.74, 6) is -0.489. The highest BCUT2D eigenvalue weighted by molar-refractivity contribution is 6.24. The first-order valence-corrected chi connectivity index (χ1v) is 6.22. The van der Waals surface area contributed by atoms with E-state index >= 15 is 0 Å². The second-order valence-corrected chi connectivity index (χ2v) is 3.86. The van der Waals surface area contributed by atoms with Crippen molar-refractivity contribution in [1.29, 1.82) is 0 Å². The van der Waals surface area contributed by atoms with Crippen LogP contribution < -0.4 is 5.48 Å². The summed E-state index contributed by atoms with van der Waals surface area (Å²) in [6.07, 6.45) is 3.28. The summed E-state index contributed by atoms with van der Waals surface area (Å²) >= 11 is 0. The van der Waals surface area contributed by atoms with Gasteiger partial charge in [0.05, 0.1) is 12.3 Å². The third-order valence-electron chi connectivity index (χ3n) is 2.46. The van der Waals surface area contributed by atoms with Crippen LogP contribution in [0.15, 0.2) is 23.1 Å². The standard InChI is InChI=1S/C13H19NO4/c1-4-7-9-8-11(15)12(13(16)18-9)10(5-2)14-17-6-3/h8,14H,4-7H2,1-3H3. The molecule has 0 unspecified atom stereocenters. The average molecular weight is 253 g/mol. The van der Waals surface area contributed by atoms with E-state index in [0.29, 0.717) is 30.9 Å². The van der Waals surface area contributed by atoms with Crippen molar-refractivity contribution in [3.63, 3.8) is 0 Å². The van der Waals surface area contributed by atoms with Crippen molar-refractivity contribution in [2.75, 3.05) is 6.61 Å². The molecule has 1 rings (SSSR count). The molecule has 0 spiro atoms. The zero-order valence-corrected chi connectivity index (χ0v) is 11.0. The van der Waals surface area contributed by atoms with Crippen molar-refractivity contribution >= 4 is 11.8 Å². The van der Waals surface area contributed by atoms with E-state index in [2.05, 4.69) is 5.48 Å². The SMILES string of the molecule is CCCC1=CC(=O)C(=C(CC)NOCC)C(=O)O1. The zero-order chi connectivity index (χ0) is 13.5. The molecule has 0 saturated heterocycles. The average Bonchev–Trinajstić information content (AvgIpc) is 2.33. The molecule has 0 aliphatic carbocycles. The Kier molecular flexibility index (Phi) is 5.58. The number of rotatable bonds is 6. The van der Waals surface area contributed by atoms with Crippen molar-refractivity contribution in [2.45, 2.75) is 40.0 Å². The monoisotopic (exact) mass is 253 g/mol. The molecule has 0 atom stereocenters. The molecule has 0 aromatic rings. The van der Waals surface area contributed by atoms with Crippen molar-refractivity contribution in [1.82, 2.24) is 5.48 Å². The summed E-state index contributed by atoms with van der Waals surface area (Å²) in [7, 11) is 0. The van der Waals surface area contributed by atoms with E-state index < -0.39 is 5.97 Å². The summed E-state index contributed by atoms with van der Waals surface area (Å²) in [4.78, 5) is 28.8. The predicted octanol–water partition coefficient (Wildman–Crippen LogP) is 2.00. The maximum Gasteiger partial charge on any atom is 0.349 e. The number of ketones is 1. The lowest BCUT2D eigenvalue weighted by molar-refractivity contribution is -0.138. The number of allylic oxidation sites excluding steroid dienone is 3. The molecular formula is C13H19NO4. The van der Waals surface area contributed by atoms with Gasteiger partial charge < -0.3 is 4.74 Å². The zero-order valence-electron chi connectivity index (χ0n) is 11.0. The number of cyclic esters (lactones) is 1. The van der Waals surface area contributed by atoms with Crippen LogP contribution in [0.2, 0.25) is 0 Å². The van der Waals surface area contributed by atoms with Gasteiger partial charge in [-0.25, -0.2) is 4.79 Å². The fourth-order valence-corrected chi connectivity index (χ4v) is 1.62. The molecule has 0 aromatic heterocycles. The molecule has 1 aliphatic heterocycles. The molecular weight excluding hydrogens is 234 g/mol. The van der Waals surface area contributed by atoms with Gasteiger partial charge in [-0.3, -0.25) is 15.1 Å². The quantitative estimate of drug-likeness (QED) is 0.339. The van der Waals surface area contributed by atoms with Crippen molar-refractivity contribution in [3.05, 3.63) is 23.1 Å². The van der Waals surface area contributed by atoms with Gasteiger partial charge in [0.15, 0.2) is 5.78 Å². The molecule has 100 valence electrons. The van der Waals surface area contributed by atoms with E-state index in [4.69, 9.17) is 9.57 Å². The maximum atomic E-state index is 11.9. The summed E-state index contributed by atoms with van der Waals surface area (Å²) < 4.78 is 5.12. The number of hydrogen-bond acceptors (Lipinski definition) is 5. The molecule has 0 fully saturated rings. The summed E-state index contributed by atoms with van der Waals surface area (Å²) in [5, 5.41) is 0. The molecule has 5 heteroatoms. The van der Waals surface area contributed by atoms with Crippen LogP contribution in [0.1, 0.15) is 40.0 Å². The molecule has 0 aromatic carbocycles. The van der Waals surface area contributed by atoms with Crippen molar-refractivity contribution in [2.24, 2.45) is 0 Å². The Bertz CT molecular complexity index is 396. The Morgan fingerprint density at radius 1 is 1.33 bits per heavy atom. The van der Waals surface area contributed by atoms with E-state index in [9.17, 15) is 9.59 Å². The predicted molar refractivity (Wildman–Crippen MR) is 66.2 cm³/mol. The fourth-order valence-electron chi connectivity index (χ4n) is 1.62. The Hall–Kier alpha value is -1.62. The van der Waals surface area contributed by atoms with Crippen LogP contribution in [0.4, 0.5) is 0 Å². The topological polar surface area (TPSA) is 64.6 Å². The van der Waals surface area contributed by atoms with Gasteiger partial charge in [-0.15, -0.1) is 0 Å². The highest BCUT2D eigenvalue weighted by Gasteiger charge is 2.28. The molecule has 18 heavy (non-hydrogen) atoms. The van der Waals surface area contributed by atoms with E-state index in [1.54, 1.807) is 0 Å². The highest BCUT2D eigenvalue weighted by Crippen LogP contribution is 2.20. The Morgan fingerprint density at radius 3 is 2.56 bits per heavy atom. The summed E-state index contributed by atoms with van der Waals surface area (Å²) in [6.45, 7) is 6.04. The lowest BCUT2D eigenvalue weighted by Crippen LogP contribution is -2.27. The first-order chi connectivity index (χ1) is 8.63. The van der Waals surface area contributed by atoms with Gasteiger partial charge in [-0.2, -0.15) is 0 Å². The van der Waals surface area contributed by atoms with Crippen molar-refractivity contribution in [3.8, 4) is 0 Å². The number of ether oxygens (including phenoxy) is 1. The number of carbonyl (C=O) groups excluding carboxylic acids is 2. The van der Waals surface area contributed by atoms with Gasteiger partial charge in [0.25, 0.3) is 0 Å². The van der Waals surface area contributed by atoms with Gasteiger partial charge in [0, 0.05) is 12.5 Å². The third-order valence-corrected chi connectivity index (χ3v) is 2.46. The molecule has 0 amide bonds. The maximum absolute atomic E-state index is 11.9. The fraction of sp³-hybridized carbons (Fsp3) is 0.538. The summed E-state index contributed by atoms with van der Waals surface area (Å²) in [5.41, 5.74) is 3.12. The van der Waals surface area contributed by atoms with Gasteiger partial charge in [0.2, 0.25) is 0 Å². The lowest BCUT2D eigenvalue weighted by Gasteiger charge is -2.18. The van der Waals surface area contributed by atoms with Crippen LogP contribution >= 0.6 is 0 Å². The second-order valence-electron chi connectivity index (χ2n) is 3.86. The first-order valence-electron chi connectivity index (χ1n) is 6.22.